The van der Waals surface area contributed by atoms with Gasteiger partial charge in [-0.3, -0.25) is 4.99 Å². The summed E-state index contributed by atoms with van der Waals surface area (Å²) in [6, 6.07) is 0. The van der Waals surface area contributed by atoms with Crippen molar-refractivity contribution in [1.29, 1.82) is 0 Å². The summed E-state index contributed by atoms with van der Waals surface area (Å²) in [5.74, 6) is 0. The molecule has 2 heteroatoms. The fourth-order valence-corrected chi connectivity index (χ4v) is 0.513. The van der Waals surface area contributed by atoms with E-state index in [0.29, 0.717) is 0 Å². The Morgan fingerprint density at radius 1 is 1.50 bits per heavy atom. The Morgan fingerprint density at radius 2 is 2.30 bits per heavy atom. The molecule has 0 amide bonds. The number of nitrogens with zero attached hydrogens (tertiary/aromatic N) is 1. The maximum atomic E-state index is 5.18. The molecule has 0 heterocycles. The number of aliphatic imine (C=N–C) groups is 1. The molecule has 0 atom stereocenters. The van der Waals surface area contributed by atoms with Gasteiger partial charge in [0.2, 0.25) is 0 Å². The van der Waals surface area contributed by atoms with Gasteiger partial charge >= 0.3 is 0 Å². The number of hydrogen-bond acceptors (Lipinski definition) is 2. The monoisotopic (exact) mass is 141 g/mol. The fourth-order valence-electron chi connectivity index (χ4n) is 0.513. The summed E-state index contributed by atoms with van der Waals surface area (Å²) in [5, 5.41) is 0. The van der Waals surface area contributed by atoms with Gasteiger partial charge in [-0.25, -0.2) is 0 Å². The highest BCUT2D eigenvalue weighted by Gasteiger charge is 1.81. The van der Waals surface area contributed by atoms with Gasteiger partial charge in [0.1, 0.15) is 0 Å². The molecular weight excluding hydrogens is 126 g/mol. The smallest absolute Gasteiger partial charge is 0.0661 e. The van der Waals surface area contributed by atoms with Crippen LogP contribution in [-0.2, 0) is 4.74 Å². The van der Waals surface area contributed by atoms with E-state index in [0.717, 1.165) is 26.2 Å². The predicted molar refractivity (Wildman–Crippen MR) is 44.7 cm³/mol. The number of allylic oxidation sites excluding steroid dienone is 1. The highest BCUT2D eigenvalue weighted by atomic mass is 16.5. The van der Waals surface area contributed by atoms with Crippen molar-refractivity contribution in [2.75, 3.05) is 19.8 Å². The van der Waals surface area contributed by atoms with E-state index in [4.69, 9.17) is 4.74 Å². The largest absolute Gasteiger partial charge is 0.380 e. The number of ether oxygens (including phenoxy) is 1. The van der Waals surface area contributed by atoms with E-state index in [9.17, 15) is 0 Å². The van der Waals surface area contributed by atoms with Gasteiger partial charge in [0.25, 0.3) is 0 Å². The first-order chi connectivity index (χ1) is 4.91. The van der Waals surface area contributed by atoms with Crippen LogP contribution in [0.4, 0.5) is 0 Å². The molecular formula is C8H15NO. The zero-order chi connectivity index (χ0) is 7.66. The first-order valence-electron chi connectivity index (χ1n) is 3.60. The van der Waals surface area contributed by atoms with Gasteiger partial charge < -0.3 is 4.74 Å². The van der Waals surface area contributed by atoms with Crippen molar-refractivity contribution in [2.45, 2.75) is 13.3 Å². The molecule has 0 fully saturated rings. The molecule has 0 spiro atoms. The van der Waals surface area contributed by atoms with Crippen molar-refractivity contribution in [3.8, 4) is 0 Å². The van der Waals surface area contributed by atoms with Gasteiger partial charge in [-0.15, -0.1) is 0 Å². The van der Waals surface area contributed by atoms with Crippen molar-refractivity contribution in [3.05, 3.63) is 12.7 Å². The fraction of sp³-hybridized carbons (Fsp3) is 0.625. The van der Waals surface area contributed by atoms with E-state index in [1.54, 1.807) is 12.3 Å². The maximum absolute atomic E-state index is 5.18. The summed E-state index contributed by atoms with van der Waals surface area (Å²) in [5.41, 5.74) is 0. The molecule has 2 nitrogen and oxygen atoms in total. The van der Waals surface area contributed by atoms with Crippen molar-refractivity contribution in [1.82, 2.24) is 0 Å². The third kappa shape index (κ3) is 7.37. The number of rotatable bonds is 6. The molecule has 0 aromatic carbocycles. The summed E-state index contributed by atoms with van der Waals surface area (Å²) in [4.78, 5) is 3.99. The minimum atomic E-state index is 0.720. The lowest BCUT2D eigenvalue weighted by Gasteiger charge is -1.96. The minimum absolute atomic E-state index is 0.720. The van der Waals surface area contributed by atoms with Crippen molar-refractivity contribution < 1.29 is 4.74 Å². The first-order valence-corrected chi connectivity index (χ1v) is 3.60. The van der Waals surface area contributed by atoms with E-state index < -0.39 is 0 Å². The van der Waals surface area contributed by atoms with Gasteiger partial charge in [-0.2, -0.15) is 0 Å². The molecule has 0 saturated carbocycles. The molecule has 0 saturated heterocycles. The Balaban J connectivity index is 2.90. The molecule has 0 unspecified atom stereocenters. The molecule has 0 aliphatic heterocycles. The standard InChI is InChI=1S/C8H15NO/c1-3-5-9-6-8-10-7-4-2/h3,5H,1,4,6-8H2,2H3. The second-order valence-electron chi connectivity index (χ2n) is 1.90. The summed E-state index contributed by atoms with van der Waals surface area (Å²) >= 11 is 0. The molecule has 0 radical (unpaired) electrons. The van der Waals surface area contributed by atoms with Crippen LogP contribution in [0, 0.1) is 0 Å². The topological polar surface area (TPSA) is 21.6 Å². The second-order valence-corrected chi connectivity index (χ2v) is 1.90. The average molecular weight is 141 g/mol. The summed E-state index contributed by atoms with van der Waals surface area (Å²) in [6.45, 7) is 7.89. The van der Waals surface area contributed by atoms with Crippen LogP contribution >= 0.6 is 0 Å². The van der Waals surface area contributed by atoms with E-state index in [2.05, 4.69) is 18.5 Å². The predicted octanol–water partition coefficient (Wildman–Crippen LogP) is 1.67. The summed E-state index contributed by atoms with van der Waals surface area (Å²) in [7, 11) is 0. The van der Waals surface area contributed by atoms with Gasteiger partial charge in [0.15, 0.2) is 0 Å². The van der Waals surface area contributed by atoms with Crippen LogP contribution in [0.15, 0.2) is 17.6 Å². The van der Waals surface area contributed by atoms with Crippen molar-refractivity contribution in [3.63, 3.8) is 0 Å². The van der Waals surface area contributed by atoms with Crippen LogP contribution in [0.25, 0.3) is 0 Å². The Hall–Kier alpha value is -0.630. The van der Waals surface area contributed by atoms with Gasteiger partial charge in [-0.05, 0) is 6.42 Å². The lowest BCUT2D eigenvalue weighted by atomic mass is 10.5. The van der Waals surface area contributed by atoms with Crippen LogP contribution in [0.2, 0.25) is 0 Å². The van der Waals surface area contributed by atoms with E-state index in [1.165, 1.54) is 0 Å². The molecule has 58 valence electrons. The van der Waals surface area contributed by atoms with Gasteiger partial charge in [0.05, 0.1) is 13.2 Å². The van der Waals surface area contributed by atoms with Crippen molar-refractivity contribution in [2.24, 2.45) is 4.99 Å². The summed E-state index contributed by atoms with van der Waals surface area (Å²) < 4.78 is 5.18. The lowest BCUT2D eigenvalue weighted by molar-refractivity contribution is 0.142. The van der Waals surface area contributed by atoms with E-state index >= 15 is 0 Å². The van der Waals surface area contributed by atoms with Crippen molar-refractivity contribution >= 4 is 6.21 Å². The third-order valence-corrected chi connectivity index (χ3v) is 0.924. The minimum Gasteiger partial charge on any atom is -0.380 e. The molecule has 0 aromatic rings. The lowest BCUT2D eigenvalue weighted by Crippen LogP contribution is -1.98. The van der Waals surface area contributed by atoms with Crippen LogP contribution in [0.3, 0.4) is 0 Å². The maximum Gasteiger partial charge on any atom is 0.0661 e. The molecule has 0 N–H and O–H groups in total. The van der Waals surface area contributed by atoms with Gasteiger partial charge in [-0.1, -0.05) is 19.6 Å². The Morgan fingerprint density at radius 3 is 2.90 bits per heavy atom. The molecule has 0 aliphatic carbocycles. The quantitative estimate of drug-likeness (QED) is 0.407. The van der Waals surface area contributed by atoms with E-state index in [1.807, 2.05) is 0 Å². The van der Waals surface area contributed by atoms with Crippen LogP contribution in [-0.4, -0.2) is 26.0 Å². The molecule has 10 heavy (non-hydrogen) atoms. The van der Waals surface area contributed by atoms with E-state index in [-0.39, 0.29) is 0 Å². The molecule has 0 rings (SSSR count). The highest BCUT2D eigenvalue weighted by molar-refractivity contribution is 5.69. The molecule has 0 bridgehead atoms. The van der Waals surface area contributed by atoms with Crippen LogP contribution in [0.1, 0.15) is 13.3 Å². The SMILES string of the molecule is C=CC=NCCOCCC. The normalized spacial score (nSPS) is 10.5. The molecule has 0 aromatic heterocycles. The second kappa shape index (κ2) is 8.37. The average Bonchev–Trinajstić information content (AvgIpc) is 1.97. The molecule has 0 aliphatic rings. The van der Waals surface area contributed by atoms with Crippen LogP contribution < -0.4 is 0 Å². The first kappa shape index (κ1) is 9.37. The summed E-state index contributed by atoms with van der Waals surface area (Å²) in [6.07, 6.45) is 4.43. The third-order valence-electron chi connectivity index (χ3n) is 0.924. The van der Waals surface area contributed by atoms with Gasteiger partial charge in [0, 0.05) is 12.8 Å². The zero-order valence-corrected chi connectivity index (χ0v) is 6.55. The highest BCUT2D eigenvalue weighted by Crippen LogP contribution is 1.79. The zero-order valence-electron chi connectivity index (χ0n) is 6.55. The Kier molecular flexibility index (Phi) is 7.84. The number of hydrogen-bond donors (Lipinski definition) is 0. The van der Waals surface area contributed by atoms with Crippen LogP contribution in [0.5, 0.6) is 0 Å². The Labute approximate surface area is 62.6 Å². The Bertz CT molecular complexity index is 99.4.